The minimum absolute atomic E-state index is 0.278. The van der Waals surface area contributed by atoms with Crippen LogP contribution in [0.4, 0.5) is 0 Å². The predicted molar refractivity (Wildman–Crippen MR) is 168 cm³/mol. The van der Waals surface area contributed by atoms with E-state index in [1.54, 1.807) is 0 Å². The molecular formula is C34H41ClN6. The lowest BCUT2D eigenvalue weighted by molar-refractivity contribution is 0.263. The Labute approximate surface area is 249 Å². The van der Waals surface area contributed by atoms with Gasteiger partial charge in [0.1, 0.15) is 0 Å². The molecule has 0 unspecified atom stereocenters. The Morgan fingerprint density at radius 2 is 1.24 bits per heavy atom. The highest BCUT2D eigenvalue weighted by atomic mass is 35.5. The lowest BCUT2D eigenvalue weighted by atomic mass is 9.96. The van der Waals surface area contributed by atoms with Gasteiger partial charge in [0.25, 0.3) is 0 Å². The standard InChI is InChI=1S/C34H41ClN6/c35-31-13-11-30(12-14-31)34(15-16-34)27-38-23-28-7-9-29(10-8-28)26-41(21-19-36-24-32-5-1-3-17-39-32)22-20-37-25-33-6-2-4-18-40-33/h1-14,17-18,36-38H,15-16,19-27H2. The molecule has 2 aromatic heterocycles. The summed E-state index contributed by atoms with van der Waals surface area (Å²) < 4.78 is 0. The first-order chi connectivity index (χ1) is 20.2. The minimum Gasteiger partial charge on any atom is -0.312 e. The van der Waals surface area contributed by atoms with E-state index in [0.717, 1.165) is 75.3 Å². The van der Waals surface area contributed by atoms with Crippen molar-refractivity contribution in [2.75, 3.05) is 32.7 Å². The first-order valence-corrected chi connectivity index (χ1v) is 15.0. The highest BCUT2D eigenvalue weighted by molar-refractivity contribution is 6.30. The number of benzene rings is 2. The Morgan fingerprint density at radius 1 is 0.659 bits per heavy atom. The lowest BCUT2D eigenvalue weighted by Gasteiger charge is -2.23. The van der Waals surface area contributed by atoms with Gasteiger partial charge >= 0.3 is 0 Å². The van der Waals surface area contributed by atoms with E-state index in [4.69, 9.17) is 11.6 Å². The summed E-state index contributed by atoms with van der Waals surface area (Å²) in [6.07, 6.45) is 6.17. The van der Waals surface area contributed by atoms with Crippen molar-refractivity contribution >= 4 is 11.6 Å². The van der Waals surface area contributed by atoms with Crippen molar-refractivity contribution in [2.45, 2.75) is 44.4 Å². The fourth-order valence-electron chi connectivity index (χ4n) is 5.17. The van der Waals surface area contributed by atoms with E-state index < -0.39 is 0 Å². The molecule has 1 aliphatic rings. The maximum atomic E-state index is 6.09. The molecule has 0 bridgehead atoms. The van der Waals surface area contributed by atoms with Gasteiger partial charge in [-0.15, -0.1) is 0 Å². The second-order valence-corrected chi connectivity index (χ2v) is 11.4. The SMILES string of the molecule is Clc1ccc(C2(CNCc3ccc(CN(CCNCc4ccccn4)CCNCc4ccccn4)cc3)CC2)cc1. The average molecular weight is 569 g/mol. The van der Waals surface area contributed by atoms with Crippen molar-refractivity contribution in [3.05, 3.63) is 130 Å². The van der Waals surface area contributed by atoms with Crippen molar-refractivity contribution < 1.29 is 0 Å². The predicted octanol–water partition coefficient (Wildman–Crippen LogP) is 5.33. The summed E-state index contributed by atoms with van der Waals surface area (Å²) in [6.45, 7) is 8.13. The molecule has 0 saturated heterocycles. The number of nitrogens with one attached hydrogen (secondary N) is 3. The van der Waals surface area contributed by atoms with Crippen LogP contribution in [0.15, 0.2) is 97.3 Å². The largest absolute Gasteiger partial charge is 0.312 e. The van der Waals surface area contributed by atoms with E-state index in [9.17, 15) is 0 Å². The van der Waals surface area contributed by atoms with Crippen LogP contribution >= 0.6 is 11.6 Å². The third-order valence-electron chi connectivity index (χ3n) is 7.81. The first kappa shape index (κ1) is 29.4. The fraction of sp³-hybridized carbons (Fsp3) is 0.353. The van der Waals surface area contributed by atoms with Crippen molar-refractivity contribution in [3.8, 4) is 0 Å². The van der Waals surface area contributed by atoms with Crippen molar-refractivity contribution in [1.82, 2.24) is 30.8 Å². The molecule has 2 heterocycles. The molecule has 0 amide bonds. The smallest absolute Gasteiger partial charge is 0.0541 e. The summed E-state index contributed by atoms with van der Waals surface area (Å²) in [5.74, 6) is 0. The summed E-state index contributed by atoms with van der Waals surface area (Å²) in [5.41, 5.74) is 6.47. The zero-order valence-corrected chi connectivity index (χ0v) is 24.5. The summed E-state index contributed by atoms with van der Waals surface area (Å²) in [4.78, 5) is 11.3. The number of aromatic nitrogens is 2. The van der Waals surface area contributed by atoms with Crippen molar-refractivity contribution in [2.24, 2.45) is 0 Å². The number of hydrogen-bond donors (Lipinski definition) is 3. The molecule has 5 rings (SSSR count). The monoisotopic (exact) mass is 568 g/mol. The second-order valence-electron chi connectivity index (χ2n) is 11.0. The lowest BCUT2D eigenvalue weighted by Crippen LogP contribution is -2.36. The Balaban J connectivity index is 1.08. The average Bonchev–Trinajstić information content (AvgIpc) is 3.80. The normalized spacial score (nSPS) is 13.9. The highest BCUT2D eigenvalue weighted by Gasteiger charge is 2.43. The minimum atomic E-state index is 0.278. The van der Waals surface area contributed by atoms with Crippen LogP contribution < -0.4 is 16.0 Å². The first-order valence-electron chi connectivity index (χ1n) is 14.7. The molecule has 3 N–H and O–H groups in total. The van der Waals surface area contributed by atoms with Gasteiger partial charge < -0.3 is 16.0 Å². The maximum absolute atomic E-state index is 6.09. The zero-order chi connectivity index (χ0) is 28.2. The van der Waals surface area contributed by atoms with Gasteiger partial charge in [-0.25, -0.2) is 0 Å². The van der Waals surface area contributed by atoms with Gasteiger partial charge in [0, 0.05) is 81.7 Å². The molecule has 0 radical (unpaired) electrons. The van der Waals surface area contributed by atoms with E-state index in [2.05, 4.69) is 79.3 Å². The van der Waals surface area contributed by atoms with Gasteiger partial charge in [-0.3, -0.25) is 14.9 Å². The van der Waals surface area contributed by atoms with E-state index >= 15 is 0 Å². The zero-order valence-electron chi connectivity index (χ0n) is 23.7. The molecule has 1 aliphatic carbocycles. The number of rotatable bonds is 17. The quantitative estimate of drug-likeness (QED) is 0.150. The van der Waals surface area contributed by atoms with E-state index in [0.29, 0.717) is 0 Å². The van der Waals surface area contributed by atoms with Crippen LogP contribution in [0, 0.1) is 0 Å². The van der Waals surface area contributed by atoms with Gasteiger partial charge in [0.2, 0.25) is 0 Å². The number of pyridine rings is 2. The molecule has 1 fully saturated rings. The number of halogens is 1. The third kappa shape index (κ3) is 9.45. The third-order valence-corrected chi connectivity index (χ3v) is 8.06. The van der Waals surface area contributed by atoms with Gasteiger partial charge in [-0.2, -0.15) is 0 Å². The Morgan fingerprint density at radius 3 is 1.78 bits per heavy atom. The molecule has 1 saturated carbocycles. The molecule has 41 heavy (non-hydrogen) atoms. The molecule has 7 heteroatoms. The Bertz CT molecular complexity index is 1250. The van der Waals surface area contributed by atoms with Gasteiger partial charge in [0.15, 0.2) is 0 Å². The van der Waals surface area contributed by atoms with Crippen LogP contribution in [-0.4, -0.2) is 47.6 Å². The van der Waals surface area contributed by atoms with Crippen LogP contribution in [0.2, 0.25) is 5.02 Å². The van der Waals surface area contributed by atoms with Gasteiger partial charge in [-0.05, 0) is 65.9 Å². The number of hydrogen-bond acceptors (Lipinski definition) is 6. The van der Waals surface area contributed by atoms with Crippen LogP contribution in [0.25, 0.3) is 0 Å². The Hall–Kier alpha value is -3.13. The summed E-state index contributed by atoms with van der Waals surface area (Å²) in [7, 11) is 0. The van der Waals surface area contributed by atoms with Crippen molar-refractivity contribution in [1.29, 1.82) is 0 Å². The summed E-state index contributed by atoms with van der Waals surface area (Å²) in [5, 5.41) is 11.6. The van der Waals surface area contributed by atoms with Gasteiger partial charge in [0.05, 0.1) is 11.4 Å². The molecule has 0 atom stereocenters. The Kier molecular flexibility index (Phi) is 10.9. The number of nitrogens with zero attached hydrogens (tertiary/aromatic N) is 3. The molecule has 0 spiro atoms. The topological polar surface area (TPSA) is 65.1 Å². The van der Waals surface area contributed by atoms with Crippen LogP contribution in [-0.2, 0) is 31.6 Å². The molecule has 2 aromatic carbocycles. The summed E-state index contributed by atoms with van der Waals surface area (Å²) in [6, 6.07) is 29.6. The van der Waals surface area contributed by atoms with E-state index in [1.807, 2.05) is 48.8 Å². The molecule has 214 valence electrons. The molecular weight excluding hydrogens is 528 g/mol. The molecule has 0 aliphatic heterocycles. The fourth-order valence-corrected chi connectivity index (χ4v) is 5.30. The van der Waals surface area contributed by atoms with Crippen LogP contribution in [0.3, 0.4) is 0 Å². The van der Waals surface area contributed by atoms with Crippen LogP contribution in [0.5, 0.6) is 0 Å². The molecule has 6 nitrogen and oxygen atoms in total. The highest BCUT2D eigenvalue weighted by Crippen LogP contribution is 2.47. The van der Waals surface area contributed by atoms with E-state index in [1.165, 1.54) is 29.5 Å². The molecule has 4 aromatic rings. The van der Waals surface area contributed by atoms with Gasteiger partial charge in [-0.1, -0.05) is 60.1 Å². The maximum Gasteiger partial charge on any atom is 0.0541 e. The van der Waals surface area contributed by atoms with Crippen LogP contribution in [0.1, 0.15) is 40.9 Å². The van der Waals surface area contributed by atoms with Crippen molar-refractivity contribution in [3.63, 3.8) is 0 Å². The second kappa shape index (κ2) is 15.2. The van der Waals surface area contributed by atoms with E-state index in [-0.39, 0.29) is 5.41 Å². The summed E-state index contributed by atoms with van der Waals surface area (Å²) >= 11 is 6.09.